The fourth-order valence-electron chi connectivity index (χ4n) is 7.28. The number of esters is 1. The molecule has 1 aliphatic heterocycles. The maximum absolute atomic E-state index is 14.3. The number of carbonyl (C=O) groups excluding carboxylic acids is 2. The average molecular weight is 624 g/mol. The number of ether oxygens (including phenoxy) is 3. The zero-order valence-corrected chi connectivity index (χ0v) is 27.0. The molecule has 1 atom stereocenters. The predicted octanol–water partition coefficient (Wildman–Crippen LogP) is 7.86. The van der Waals surface area contributed by atoms with E-state index in [1.807, 2.05) is 52.0 Å². The zero-order valence-electron chi connectivity index (χ0n) is 27.0. The molecule has 2 aromatic carbocycles. The molecular weight excluding hydrogens is 580 g/mol. The number of rotatable bonds is 7. The highest BCUT2D eigenvalue weighted by atomic mass is 19.3. The fraction of sp³-hybridized carbons (Fsp3) is 0.543. The summed E-state index contributed by atoms with van der Waals surface area (Å²) in [5, 5.41) is 4.48. The van der Waals surface area contributed by atoms with E-state index < -0.39 is 29.0 Å². The highest BCUT2D eigenvalue weighted by molar-refractivity contribution is 5.95. The average Bonchev–Trinajstić information content (AvgIpc) is 3.65. The molecule has 2 saturated carbocycles. The number of hydrogen-bond acceptors (Lipinski definition) is 7. The van der Waals surface area contributed by atoms with Crippen LogP contribution in [0.25, 0.3) is 10.9 Å². The van der Waals surface area contributed by atoms with Crippen LogP contribution >= 0.6 is 0 Å². The Morgan fingerprint density at radius 3 is 2.44 bits per heavy atom. The smallest absolute Gasteiger partial charge is 0.419 e. The van der Waals surface area contributed by atoms with Crippen molar-refractivity contribution in [1.29, 1.82) is 0 Å². The summed E-state index contributed by atoms with van der Waals surface area (Å²) in [5.74, 6) is -2.35. The first-order chi connectivity index (χ1) is 21.2. The van der Waals surface area contributed by atoms with Gasteiger partial charge in [-0.3, -0.25) is 9.47 Å². The van der Waals surface area contributed by atoms with E-state index in [2.05, 4.69) is 10.2 Å². The second-order valence-corrected chi connectivity index (χ2v) is 14.2. The molecule has 8 nitrogen and oxygen atoms in total. The summed E-state index contributed by atoms with van der Waals surface area (Å²) < 4.78 is 46.8. The summed E-state index contributed by atoms with van der Waals surface area (Å²) in [6.07, 6.45) is 4.40. The monoisotopic (exact) mass is 623 g/mol. The number of nitrogens with one attached hydrogen (secondary N) is 1. The fourth-order valence-corrected chi connectivity index (χ4v) is 7.28. The number of benzene rings is 2. The molecule has 3 fully saturated rings. The third kappa shape index (κ3) is 6.26. The normalized spacial score (nSPS) is 20.9. The Hall–Kier alpha value is -3.66. The molecule has 0 amide bonds. The summed E-state index contributed by atoms with van der Waals surface area (Å²) in [5.41, 5.74) is 3.74. The van der Waals surface area contributed by atoms with Crippen molar-refractivity contribution in [2.45, 2.75) is 96.4 Å². The van der Waals surface area contributed by atoms with Crippen molar-refractivity contribution >= 4 is 28.7 Å². The van der Waals surface area contributed by atoms with Crippen LogP contribution in [-0.4, -0.2) is 59.9 Å². The van der Waals surface area contributed by atoms with Crippen LogP contribution in [0.15, 0.2) is 36.5 Å². The quantitative estimate of drug-likeness (QED) is 0.269. The number of nitrogens with zero attached hydrogens (tertiary/aromatic N) is 2. The van der Waals surface area contributed by atoms with Gasteiger partial charge in [-0.2, -0.15) is 0 Å². The Labute approximate surface area is 263 Å². The second kappa shape index (κ2) is 11.3. The van der Waals surface area contributed by atoms with Crippen molar-refractivity contribution in [2.24, 2.45) is 5.41 Å². The van der Waals surface area contributed by atoms with Crippen LogP contribution in [0.1, 0.15) is 92.4 Å². The lowest BCUT2D eigenvalue weighted by Crippen LogP contribution is -2.53. The Morgan fingerprint density at radius 1 is 1.09 bits per heavy atom. The van der Waals surface area contributed by atoms with Gasteiger partial charge in [0.05, 0.1) is 25.3 Å². The molecule has 0 radical (unpaired) electrons. The number of hydrogen-bond donors (Lipinski definition) is 1. The van der Waals surface area contributed by atoms with Crippen molar-refractivity contribution in [2.75, 3.05) is 26.1 Å². The molecule has 0 unspecified atom stereocenters. The van der Waals surface area contributed by atoms with E-state index in [0.29, 0.717) is 43.3 Å². The van der Waals surface area contributed by atoms with Crippen LogP contribution in [-0.2, 0) is 16.0 Å². The van der Waals surface area contributed by atoms with Crippen LogP contribution in [0.3, 0.4) is 0 Å². The van der Waals surface area contributed by atoms with Crippen LogP contribution in [0.4, 0.5) is 19.3 Å². The summed E-state index contributed by atoms with van der Waals surface area (Å²) in [4.78, 5) is 28.0. The summed E-state index contributed by atoms with van der Waals surface area (Å²) in [6.45, 7) is 8.55. The minimum Gasteiger partial charge on any atom is -0.496 e. The highest BCUT2D eigenvalue weighted by Crippen LogP contribution is 2.61. The standard InChI is InChI=1S/C35H43F2N3O5/c1-21-15-29(43-5)26(24-11-13-40(30(21)24)32(42)45-33(2,3)4)18-39-14-12-34(19-35(36,37)20-34)17-28(39)25-10-7-22(31(41)44-6)16-27(25)38-23-8-9-23/h7,10-11,13,15-16,23,28,38H,8-9,12,14,17-20H2,1-6H3/t28-/m0/s1. The van der Waals surface area contributed by atoms with Gasteiger partial charge < -0.3 is 19.5 Å². The molecule has 1 spiro atoms. The SMILES string of the molecule is COC(=O)c1ccc([C@@H]2CC3(CCN2Cc2c(OC)cc(C)c4c2ccn4C(=O)OC(C)(C)C)CC(F)(F)C3)c(NC2CC2)c1. The van der Waals surface area contributed by atoms with Crippen LogP contribution in [0.2, 0.25) is 0 Å². The molecule has 3 aliphatic rings. The molecule has 45 heavy (non-hydrogen) atoms. The molecule has 6 rings (SSSR count). The number of alkyl halides is 2. The van der Waals surface area contributed by atoms with Crippen LogP contribution in [0, 0.1) is 12.3 Å². The number of fused-ring (bicyclic) bond motifs is 1. The molecule has 2 aliphatic carbocycles. The van der Waals surface area contributed by atoms with E-state index in [0.717, 1.165) is 46.1 Å². The van der Waals surface area contributed by atoms with E-state index in [4.69, 9.17) is 14.2 Å². The minimum absolute atomic E-state index is 0.104. The van der Waals surface area contributed by atoms with E-state index in [9.17, 15) is 18.4 Å². The maximum atomic E-state index is 14.3. The third-order valence-electron chi connectivity index (χ3n) is 9.44. The Kier molecular flexibility index (Phi) is 7.86. The number of halogens is 2. The molecular formula is C35H43F2N3O5. The second-order valence-electron chi connectivity index (χ2n) is 14.2. The molecule has 2 heterocycles. The van der Waals surface area contributed by atoms with Gasteiger partial charge >= 0.3 is 12.1 Å². The zero-order chi connectivity index (χ0) is 32.3. The number of anilines is 1. The predicted molar refractivity (Wildman–Crippen MR) is 168 cm³/mol. The van der Waals surface area contributed by atoms with Gasteiger partial charge in [0.2, 0.25) is 5.92 Å². The lowest BCUT2D eigenvalue weighted by atomic mass is 9.58. The summed E-state index contributed by atoms with van der Waals surface area (Å²) >= 11 is 0. The van der Waals surface area contributed by atoms with E-state index in [1.165, 1.54) is 7.11 Å². The van der Waals surface area contributed by atoms with Crippen molar-refractivity contribution in [3.63, 3.8) is 0 Å². The molecule has 0 bridgehead atoms. The molecule has 1 saturated heterocycles. The first-order valence-corrected chi connectivity index (χ1v) is 15.7. The van der Waals surface area contributed by atoms with Gasteiger partial charge in [0.15, 0.2) is 0 Å². The minimum atomic E-state index is -2.63. The van der Waals surface area contributed by atoms with Gasteiger partial charge in [-0.25, -0.2) is 18.4 Å². The first kappa shape index (κ1) is 31.3. The van der Waals surface area contributed by atoms with E-state index in [1.54, 1.807) is 23.9 Å². The Balaban J connectivity index is 1.41. The van der Waals surface area contributed by atoms with Crippen LogP contribution in [0.5, 0.6) is 5.75 Å². The Morgan fingerprint density at radius 2 is 1.82 bits per heavy atom. The van der Waals surface area contributed by atoms with Crippen molar-refractivity contribution in [3.8, 4) is 5.75 Å². The van der Waals surface area contributed by atoms with Gasteiger partial charge in [-0.05, 0) is 101 Å². The first-order valence-electron chi connectivity index (χ1n) is 15.7. The van der Waals surface area contributed by atoms with Crippen molar-refractivity contribution in [3.05, 3.63) is 58.8 Å². The molecule has 10 heteroatoms. The molecule has 1 N–H and O–H groups in total. The number of aromatic nitrogens is 1. The number of piperidine rings is 1. The van der Waals surface area contributed by atoms with Gasteiger partial charge in [0, 0.05) is 54.3 Å². The number of methoxy groups -OCH3 is 2. The Bertz CT molecular complexity index is 1630. The number of aryl methyl sites for hydroxylation is 1. The van der Waals surface area contributed by atoms with Gasteiger partial charge in [-0.1, -0.05) is 6.07 Å². The van der Waals surface area contributed by atoms with Gasteiger partial charge in [0.1, 0.15) is 11.4 Å². The molecule has 3 aromatic rings. The van der Waals surface area contributed by atoms with Gasteiger partial charge in [0.25, 0.3) is 0 Å². The summed E-state index contributed by atoms with van der Waals surface area (Å²) in [7, 11) is 3.00. The lowest BCUT2D eigenvalue weighted by molar-refractivity contribution is -0.186. The van der Waals surface area contributed by atoms with Gasteiger partial charge in [-0.15, -0.1) is 0 Å². The highest BCUT2D eigenvalue weighted by Gasteiger charge is 2.58. The largest absolute Gasteiger partial charge is 0.496 e. The van der Waals surface area contributed by atoms with Crippen molar-refractivity contribution < 1.29 is 32.6 Å². The summed E-state index contributed by atoms with van der Waals surface area (Å²) in [6, 6.07) is 9.54. The lowest BCUT2D eigenvalue weighted by Gasteiger charge is -2.55. The molecule has 1 aromatic heterocycles. The van der Waals surface area contributed by atoms with Crippen molar-refractivity contribution in [1.82, 2.24) is 9.47 Å². The van der Waals surface area contributed by atoms with E-state index in [-0.39, 0.29) is 18.9 Å². The molecule has 242 valence electrons. The topological polar surface area (TPSA) is 82.0 Å². The number of carbonyl (C=O) groups is 2. The number of likely N-dealkylation sites (tertiary alicyclic amines) is 1. The maximum Gasteiger partial charge on any atom is 0.419 e. The third-order valence-corrected chi connectivity index (χ3v) is 9.44. The van der Waals surface area contributed by atoms with Crippen LogP contribution < -0.4 is 10.1 Å². The van der Waals surface area contributed by atoms with E-state index >= 15 is 0 Å².